The largest absolute Gasteiger partial charge is 0.494 e. The summed E-state index contributed by atoms with van der Waals surface area (Å²) in [5.41, 5.74) is 0. The van der Waals surface area contributed by atoms with E-state index >= 15 is 0 Å². The first-order chi connectivity index (χ1) is 13.3. The predicted octanol–water partition coefficient (Wildman–Crippen LogP) is 7.80. The smallest absolute Gasteiger partial charge is 0.119 e. The second-order valence-electron chi connectivity index (χ2n) is 8.40. The van der Waals surface area contributed by atoms with Crippen LogP contribution in [0.1, 0.15) is 97.3 Å². The van der Waals surface area contributed by atoms with Crippen molar-refractivity contribution in [3.05, 3.63) is 24.3 Å². The lowest BCUT2D eigenvalue weighted by Crippen LogP contribution is -2.15. The van der Waals surface area contributed by atoms with Gasteiger partial charge in [0.1, 0.15) is 11.5 Å². The molecule has 27 heavy (non-hydrogen) atoms. The molecule has 2 heteroatoms. The first-order valence-electron chi connectivity index (χ1n) is 11.7. The van der Waals surface area contributed by atoms with E-state index in [1.54, 1.807) is 0 Å². The summed E-state index contributed by atoms with van der Waals surface area (Å²) in [6, 6.07) is 8.07. The zero-order chi connectivity index (χ0) is 19.2. The molecular weight excluding hydrogens is 332 g/mol. The Morgan fingerprint density at radius 3 is 1.70 bits per heavy atom. The lowest BCUT2D eigenvalue weighted by molar-refractivity contribution is 0.228. The van der Waals surface area contributed by atoms with E-state index in [1.807, 2.05) is 24.3 Å². The van der Waals surface area contributed by atoms with Gasteiger partial charge in [-0.1, -0.05) is 78.1 Å². The normalized spacial score (nSPS) is 19.8. The molecule has 2 nitrogen and oxygen atoms in total. The van der Waals surface area contributed by atoms with Crippen molar-refractivity contribution in [1.82, 2.24) is 0 Å². The van der Waals surface area contributed by atoms with E-state index in [-0.39, 0.29) is 0 Å². The SMILES string of the molecule is CCCCCCC[C@H]1CC[C@H](CCCOc2ccc(OCCC)cc2)CC1. The quantitative estimate of drug-likeness (QED) is 0.309. The number of rotatable bonds is 14. The van der Waals surface area contributed by atoms with E-state index in [1.165, 1.54) is 77.0 Å². The molecule has 0 spiro atoms. The van der Waals surface area contributed by atoms with Crippen LogP contribution >= 0.6 is 0 Å². The van der Waals surface area contributed by atoms with Crippen LogP contribution in [-0.2, 0) is 0 Å². The summed E-state index contributed by atoms with van der Waals surface area (Å²) in [7, 11) is 0. The molecule has 2 rings (SSSR count). The summed E-state index contributed by atoms with van der Waals surface area (Å²) in [6.45, 7) is 6.04. The van der Waals surface area contributed by atoms with Crippen LogP contribution in [0.2, 0.25) is 0 Å². The van der Waals surface area contributed by atoms with Crippen LogP contribution in [0, 0.1) is 11.8 Å². The maximum absolute atomic E-state index is 5.91. The maximum Gasteiger partial charge on any atom is 0.119 e. The molecule has 154 valence electrons. The number of benzene rings is 1. The van der Waals surface area contributed by atoms with Gasteiger partial charge in [-0.05, 0) is 55.4 Å². The summed E-state index contributed by atoms with van der Waals surface area (Å²) in [5, 5.41) is 0. The summed E-state index contributed by atoms with van der Waals surface area (Å²) >= 11 is 0. The minimum absolute atomic E-state index is 0.779. The Hall–Kier alpha value is -1.18. The van der Waals surface area contributed by atoms with Crippen LogP contribution in [-0.4, -0.2) is 13.2 Å². The lowest BCUT2D eigenvalue weighted by Gasteiger charge is -2.28. The molecule has 0 bridgehead atoms. The van der Waals surface area contributed by atoms with Gasteiger partial charge in [0.25, 0.3) is 0 Å². The van der Waals surface area contributed by atoms with E-state index in [9.17, 15) is 0 Å². The van der Waals surface area contributed by atoms with E-state index in [4.69, 9.17) is 9.47 Å². The fourth-order valence-corrected chi connectivity index (χ4v) is 4.26. The van der Waals surface area contributed by atoms with Gasteiger partial charge in [0.15, 0.2) is 0 Å². The highest BCUT2D eigenvalue weighted by atomic mass is 16.5. The van der Waals surface area contributed by atoms with Crippen molar-refractivity contribution in [2.45, 2.75) is 97.3 Å². The van der Waals surface area contributed by atoms with Crippen LogP contribution in [0.4, 0.5) is 0 Å². The molecule has 1 saturated carbocycles. The number of ether oxygens (including phenoxy) is 2. The van der Waals surface area contributed by atoms with Gasteiger partial charge in [0.2, 0.25) is 0 Å². The molecule has 0 saturated heterocycles. The van der Waals surface area contributed by atoms with Crippen molar-refractivity contribution in [3.8, 4) is 11.5 Å². The lowest BCUT2D eigenvalue weighted by atomic mass is 9.78. The molecule has 0 N–H and O–H groups in total. The number of unbranched alkanes of at least 4 members (excludes halogenated alkanes) is 4. The van der Waals surface area contributed by atoms with Gasteiger partial charge in [-0.3, -0.25) is 0 Å². The van der Waals surface area contributed by atoms with Crippen LogP contribution in [0.15, 0.2) is 24.3 Å². The minimum atomic E-state index is 0.779. The maximum atomic E-state index is 5.91. The van der Waals surface area contributed by atoms with Crippen molar-refractivity contribution in [2.75, 3.05) is 13.2 Å². The monoisotopic (exact) mass is 374 g/mol. The Morgan fingerprint density at radius 1 is 0.630 bits per heavy atom. The van der Waals surface area contributed by atoms with Crippen LogP contribution in [0.3, 0.4) is 0 Å². The molecule has 1 aliphatic carbocycles. The summed E-state index contributed by atoms with van der Waals surface area (Å²) in [4.78, 5) is 0. The van der Waals surface area contributed by atoms with Gasteiger partial charge in [-0.2, -0.15) is 0 Å². The standard InChI is InChI=1S/C25H42O2/c1-3-5-6-7-8-10-22-12-14-23(15-13-22)11-9-21-27-25-18-16-24(17-19-25)26-20-4-2/h16-19,22-23H,3-15,20-21H2,1-2H3/t22-,23-. The van der Waals surface area contributed by atoms with Crippen molar-refractivity contribution in [1.29, 1.82) is 0 Å². The van der Waals surface area contributed by atoms with Crippen molar-refractivity contribution in [3.63, 3.8) is 0 Å². The Morgan fingerprint density at radius 2 is 1.15 bits per heavy atom. The van der Waals surface area contributed by atoms with Gasteiger partial charge < -0.3 is 9.47 Å². The van der Waals surface area contributed by atoms with Crippen LogP contribution in [0.5, 0.6) is 11.5 Å². The Labute approximate surface area is 168 Å². The second-order valence-corrected chi connectivity index (χ2v) is 8.40. The topological polar surface area (TPSA) is 18.5 Å². The minimum Gasteiger partial charge on any atom is -0.494 e. The first kappa shape index (κ1) is 22.1. The van der Waals surface area contributed by atoms with E-state index < -0.39 is 0 Å². The van der Waals surface area contributed by atoms with Gasteiger partial charge in [0, 0.05) is 0 Å². The molecule has 1 fully saturated rings. The molecule has 0 heterocycles. The highest BCUT2D eigenvalue weighted by Crippen LogP contribution is 2.34. The molecule has 0 unspecified atom stereocenters. The van der Waals surface area contributed by atoms with Crippen molar-refractivity contribution >= 4 is 0 Å². The van der Waals surface area contributed by atoms with Crippen molar-refractivity contribution in [2.24, 2.45) is 11.8 Å². The average Bonchev–Trinajstić information content (AvgIpc) is 2.71. The molecule has 1 aliphatic rings. The van der Waals surface area contributed by atoms with Gasteiger partial charge in [-0.15, -0.1) is 0 Å². The summed E-state index contributed by atoms with van der Waals surface area (Å²) in [6.07, 6.45) is 18.0. The number of hydrogen-bond acceptors (Lipinski definition) is 2. The van der Waals surface area contributed by atoms with E-state index in [0.717, 1.165) is 43.0 Å². The highest BCUT2D eigenvalue weighted by Gasteiger charge is 2.20. The summed E-state index contributed by atoms with van der Waals surface area (Å²) < 4.78 is 11.5. The third kappa shape index (κ3) is 9.53. The van der Waals surface area contributed by atoms with Gasteiger partial charge in [-0.25, -0.2) is 0 Å². The second kappa shape index (κ2) is 13.9. The van der Waals surface area contributed by atoms with Gasteiger partial charge in [0.05, 0.1) is 13.2 Å². The highest BCUT2D eigenvalue weighted by molar-refractivity contribution is 5.31. The third-order valence-electron chi connectivity index (χ3n) is 6.00. The van der Waals surface area contributed by atoms with Crippen LogP contribution < -0.4 is 9.47 Å². The third-order valence-corrected chi connectivity index (χ3v) is 6.00. The number of hydrogen-bond donors (Lipinski definition) is 0. The Bertz CT molecular complexity index is 460. The molecule has 1 aromatic rings. The summed E-state index contributed by atoms with van der Waals surface area (Å²) in [5.74, 6) is 3.86. The van der Waals surface area contributed by atoms with Gasteiger partial charge >= 0.3 is 0 Å². The zero-order valence-corrected chi connectivity index (χ0v) is 17.9. The predicted molar refractivity (Wildman–Crippen MR) is 116 cm³/mol. The fraction of sp³-hybridized carbons (Fsp3) is 0.760. The molecule has 0 atom stereocenters. The van der Waals surface area contributed by atoms with E-state index in [0.29, 0.717) is 0 Å². The molecule has 0 amide bonds. The molecule has 0 aliphatic heterocycles. The Balaban J connectivity index is 1.49. The van der Waals surface area contributed by atoms with E-state index in [2.05, 4.69) is 13.8 Å². The zero-order valence-electron chi connectivity index (χ0n) is 17.9. The Kier molecular flexibility index (Phi) is 11.4. The molecule has 0 aromatic heterocycles. The molecular formula is C25H42O2. The fourth-order valence-electron chi connectivity index (χ4n) is 4.26. The van der Waals surface area contributed by atoms with Crippen LogP contribution in [0.25, 0.3) is 0 Å². The average molecular weight is 375 g/mol. The van der Waals surface area contributed by atoms with Crippen molar-refractivity contribution < 1.29 is 9.47 Å². The first-order valence-corrected chi connectivity index (χ1v) is 11.7. The molecule has 1 aromatic carbocycles. The molecule has 0 radical (unpaired) electrons.